The minimum absolute atomic E-state index is 0.259. The maximum absolute atomic E-state index is 13.7. The third-order valence-corrected chi connectivity index (χ3v) is 7.38. The first-order valence-corrected chi connectivity index (χ1v) is 15.7. The normalized spacial score (nSPS) is 13.3. The van der Waals surface area contributed by atoms with E-state index >= 15 is 0 Å². The molecule has 1 aliphatic heterocycles. The Morgan fingerprint density at radius 3 is 2.17 bits per heavy atom. The van der Waals surface area contributed by atoms with Crippen molar-refractivity contribution in [3.05, 3.63) is 101 Å². The number of aromatic nitrogens is 2. The van der Waals surface area contributed by atoms with Crippen LogP contribution in [0.1, 0.15) is 68.6 Å². The number of amides is 2. The van der Waals surface area contributed by atoms with E-state index in [0.717, 1.165) is 26.9 Å². The fraction of sp³-hybridized carbons (Fsp3) is 0.351. The summed E-state index contributed by atoms with van der Waals surface area (Å²) < 4.78 is 18.4. The van der Waals surface area contributed by atoms with Crippen LogP contribution in [0, 0.1) is 0 Å². The third-order valence-electron chi connectivity index (χ3n) is 7.38. The fourth-order valence-electron chi connectivity index (χ4n) is 5.14. The number of carbonyl (C=O) groups is 3. The highest BCUT2D eigenvalue weighted by molar-refractivity contribution is 6.06. The molecule has 0 spiro atoms. The lowest BCUT2D eigenvalue weighted by atomic mass is 10.0. The van der Waals surface area contributed by atoms with Crippen LogP contribution in [0.15, 0.2) is 79.1 Å². The van der Waals surface area contributed by atoms with Gasteiger partial charge in [0.1, 0.15) is 23.6 Å². The first-order chi connectivity index (χ1) is 22.2. The van der Waals surface area contributed by atoms with Crippen LogP contribution >= 0.6 is 0 Å². The zero-order chi connectivity index (χ0) is 33.8. The Morgan fingerprint density at radius 1 is 0.787 bits per heavy atom. The van der Waals surface area contributed by atoms with E-state index in [-0.39, 0.29) is 18.6 Å². The van der Waals surface area contributed by atoms with Gasteiger partial charge >= 0.3 is 12.2 Å². The van der Waals surface area contributed by atoms with Crippen molar-refractivity contribution in [3.8, 4) is 16.9 Å². The van der Waals surface area contributed by atoms with Crippen LogP contribution in [-0.4, -0.2) is 57.1 Å². The van der Waals surface area contributed by atoms with Gasteiger partial charge in [-0.15, -0.1) is 0 Å². The van der Waals surface area contributed by atoms with Crippen LogP contribution in [0.25, 0.3) is 11.1 Å². The van der Waals surface area contributed by atoms with Gasteiger partial charge in [0.15, 0.2) is 0 Å². The molecule has 246 valence electrons. The molecule has 0 unspecified atom stereocenters. The Bertz CT molecular complexity index is 1750. The average molecular weight is 639 g/mol. The van der Waals surface area contributed by atoms with Crippen molar-refractivity contribution >= 4 is 23.8 Å². The Kier molecular flexibility index (Phi) is 9.69. The van der Waals surface area contributed by atoms with Gasteiger partial charge in [-0.2, -0.15) is 9.78 Å². The Labute approximate surface area is 275 Å². The molecule has 1 N–H and O–H groups in total. The Morgan fingerprint density at radius 2 is 1.47 bits per heavy atom. The number of carbonyl (C=O) groups excluding carboxylic acids is 3. The number of benzene rings is 3. The molecule has 0 aliphatic carbocycles. The van der Waals surface area contributed by atoms with E-state index in [1.807, 2.05) is 69.3 Å². The number of hydrogen-bond acceptors (Lipinski definition) is 7. The van der Waals surface area contributed by atoms with Gasteiger partial charge in [-0.25, -0.2) is 9.59 Å². The summed E-state index contributed by atoms with van der Waals surface area (Å²) in [6.07, 6.45) is 3.60. The van der Waals surface area contributed by atoms with Gasteiger partial charge in [-0.3, -0.25) is 4.79 Å². The third kappa shape index (κ3) is 9.00. The molecule has 0 radical (unpaired) electrons. The van der Waals surface area contributed by atoms with Crippen LogP contribution in [0.4, 0.5) is 15.3 Å². The van der Waals surface area contributed by atoms with E-state index in [1.165, 1.54) is 0 Å². The van der Waals surface area contributed by atoms with Gasteiger partial charge in [0.25, 0.3) is 5.91 Å². The van der Waals surface area contributed by atoms with Crippen molar-refractivity contribution in [2.45, 2.75) is 72.2 Å². The quantitative estimate of drug-likeness (QED) is 0.233. The smallest absolute Gasteiger partial charge is 0.435 e. The van der Waals surface area contributed by atoms with Gasteiger partial charge in [0, 0.05) is 30.5 Å². The SMILES string of the molecule is CC(C)(C)OC(=O)N1CCc2ccc(NC(=O)c3ccc(-c4cnn(C(=O)OC(C)(C)C)c4)cc3OCc3ccccc3)cc2CC1. The number of anilines is 1. The zero-order valence-corrected chi connectivity index (χ0v) is 27.8. The lowest BCUT2D eigenvalue weighted by Gasteiger charge is -2.26. The van der Waals surface area contributed by atoms with Crippen LogP contribution < -0.4 is 10.1 Å². The van der Waals surface area contributed by atoms with Gasteiger partial charge < -0.3 is 24.4 Å². The summed E-state index contributed by atoms with van der Waals surface area (Å²) in [6.45, 7) is 12.3. The highest BCUT2D eigenvalue weighted by atomic mass is 16.6. The molecule has 2 amide bonds. The second-order valence-electron chi connectivity index (χ2n) is 13.5. The van der Waals surface area contributed by atoms with E-state index in [4.69, 9.17) is 14.2 Å². The lowest BCUT2D eigenvalue weighted by Crippen LogP contribution is -2.38. The van der Waals surface area contributed by atoms with Crippen molar-refractivity contribution in [1.82, 2.24) is 14.7 Å². The number of nitrogens with zero attached hydrogens (tertiary/aromatic N) is 3. The van der Waals surface area contributed by atoms with Crippen molar-refractivity contribution in [2.24, 2.45) is 0 Å². The zero-order valence-electron chi connectivity index (χ0n) is 27.8. The van der Waals surface area contributed by atoms with Gasteiger partial charge in [-0.05, 0) is 101 Å². The molecular formula is C37H42N4O6. The van der Waals surface area contributed by atoms with Gasteiger partial charge in [-0.1, -0.05) is 42.5 Å². The van der Waals surface area contributed by atoms with Crippen molar-refractivity contribution < 1.29 is 28.6 Å². The lowest BCUT2D eigenvalue weighted by molar-refractivity contribution is 0.0258. The van der Waals surface area contributed by atoms with E-state index in [9.17, 15) is 14.4 Å². The number of hydrogen-bond donors (Lipinski definition) is 1. The summed E-state index contributed by atoms with van der Waals surface area (Å²) in [5.41, 5.74) is 4.34. The largest absolute Gasteiger partial charge is 0.488 e. The molecule has 47 heavy (non-hydrogen) atoms. The first kappa shape index (κ1) is 33.2. The predicted molar refractivity (Wildman–Crippen MR) is 180 cm³/mol. The van der Waals surface area contributed by atoms with E-state index in [2.05, 4.69) is 10.4 Å². The Balaban J connectivity index is 1.35. The topological polar surface area (TPSA) is 112 Å². The highest BCUT2D eigenvalue weighted by Crippen LogP contribution is 2.30. The standard InChI is InChI=1S/C37H42N4O6/c1-36(2,3)46-34(43)40-18-16-26-12-14-30(20-28(26)17-19-40)39-33(42)31-15-13-27(21-32(31)45-24-25-10-8-7-9-11-25)29-22-38-41(23-29)35(44)47-37(4,5)6/h7-15,20-23H,16-19,24H2,1-6H3,(H,39,42). The molecule has 1 aliphatic rings. The molecule has 2 heterocycles. The molecule has 10 heteroatoms. The monoisotopic (exact) mass is 638 g/mol. The number of ether oxygens (including phenoxy) is 3. The summed E-state index contributed by atoms with van der Waals surface area (Å²) >= 11 is 0. The molecule has 0 fully saturated rings. The van der Waals surface area contributed by atoms with Crippen LogP contribution in [0.2, 0.25) is 0 Å². The molecule has 1 aromatic heterocycles. The summed E-state index contributed by atoms with van der Waals surface area (Å²) in [7, 11) is 0. The maximum atomic E-state index is 13.7. The fourth-order valence-corrected chi connectivity index (χ4v) is 5.14. The minimum atomic E-state index is -0.658. The minimum Gasteiger partial charge on any atom is -0.488 e. The summed E-state index contributed by atoms with van der Waals surface area (Å²) in [6, 6.07) is 20.8. The van der Waals surface area contributed by atoms with Crippen molar-refractivity contribution in [3.63, 3.8) is 0 Å². The molecule has 0 bridgehead atoms. The molecule has 10 nitrogen and oxygen atoms in total. The number of rotatable bonds is 6. The molecule has 0 saturated heterocycles. The second-order valence-corrected chi connectivity index (χ2v) is 13.5. The van der Waals surface area contributed by atoms with E-state index in [0.29, 0.717) is 48.5 Å². The van der Waals surface area contributed by atoms with Crippen molar-refractivity contribution in [2.75, 3.05) is 18.4 Å². The molecule has 3 aromatic carbocycles. The molecule has 4 aromatic rings. The van der Waals surface area contributed by atoms with Gasteiger partial charge in [0.2, 0.25) is 0 Å². The highest BCUT2D eigenvalue weighted by Gasteiger charge is 2.25. The van der Waals surface area contributed by atoms with Crippen molar-refractivity contribution in [1.29, 1.82) is 0 Å². The van der Waals surface area contributed by atoms with E-state index < -0.39 is 17.3 Å². The predicted octanol–water partition coefficient (Wildman–Crippen LogP) is 7.50. The van der Waals surface area contributed by atoms with Crippen LogP contribution in [-0.2, 0) is 28.9 Å². The molecule has 0 saturated carbocycles. The molecule has 5 rings (SSSR count). The first-order valence-electron chi connectivity index (χ1n) is 15.7. The summed E-state index contributed by atoms with van der Waals surface area (Å²) in [4.78, 5) is 40.6. The van der Waals surface area contributed by atoms with E-state index in [1.54, 1.807) is 56.3 Å². The summed E-state index contributed by atoms with van der Waals surface area (Å²) in [5.74, 6) is 0.0599. The van der Waals surface area contributed by atoms with Crippen LogP contribution in [0.5, 0.6) is 5.75 Å². The van der Waals surface area contributed by atoms with Crippen LogP contribution in [0.3, 0.4) is 0 Å². The number of fused-ring (bicyclic) bond motifs is 1. The maximum Gasteiger partial charge on any atom is 0.435 e. The molecular weight excluding hydrogens is 596 g/mol. The van der Waals surface area contributed by atoms with Gasteiger partial charge in [0.05, 0.1) is 11.8 Å². The molecule has 0 atom stereocenters. The average Bonchev–Trinajstić information content (AvgIpc) is 3.41. The second kappa shape index (κ2) is 13.7. The number of nitrogens with one attached hydrogen (secondary N) is 1. The Hall–Kier alpha value is -5.12. The summed E-state index contributed by atoms with van der Waals surface area (Å²) in [5, 5.41) is 7.21.